The van der Waals surface area contributed by atoms with Crippen LogP contribution in [0.3, 0.4) is 0 Å². The first-order valence-corrected chi connectivity index (χ1v) is 8.41. The van der Waals surface area contributed by atoms with Gasteiger partial charge >= 0.3 is 0 Å². The lowest BCUT2D eigenvalue weighted by atomic mass is 9.77. The molecule has 1 heterocycles. The third-order valence-corrected chi connectivity index (χ3v) is 5.85. The minimum atomic E-state index is 0.229. The van der Waals surface area contributed by atoms with E-state index in [1.807, 2.05) is 0 Å². The summed E-state index contributed by atoms with van der Waals surface area (Å²) in [5, 5.41) is 0. The smallest absolute Gasteiger partial charge is 0.136 e. The van der Waals surface area contributed by atoms with Gasteiger partial charge in [0.1, 0.15) is 5.78 Å². The number of hydrogen-bond donors (Lipinski definition) is 0. The van der Waals surface area contributed by atoms with Gasteiger partial charge in [0.25, 0.3) is 0 Å². The third-order valence-electron chi connectivity index (χ3n) is 5.85. The maximum atomic E-state index is 12.1. The summed E-state index contributed by atoms with van der Waals surface area (Å²) in [7, 11) is 0. The molecule has 2 heteroatoms. The first-order chi connectivity index (χ1) is 9.21. The summed E-state index contributed by atoms with van der Waals surface area (Å²) >= 11 is 0. The van der Waals surface area contributed by atoms with Crippen molar-refractivity contribution in [3.05, 3.63) is 0 Å². The lowest BCUT2D eigenvalue weighted by Gasteiger charge is -2.30. The van der Waals surface area contributed by atoms with E-state index in [1.54, 1.807) is 0 Å². The van der Waals surface area contributed by atoms with Crippen LogP contribution in [0.2, 0.25) is 0 Å². The molecule has 3 atom stereocenters. The van der Waals surface area contributed by atoms with E-state index in [4.69, 9.17) is 4.74 Å². The Morgan fingerprint density at radius 3 is 2.74 bits per heavy atom. The number of ketones is 1. The number of carbonyl (C=O) groups is 1. The Hall–Kier alpha value is -0.370. The highest BCUT2D eigenvalue weighted by Gasteiger charge is 2.43. The predicted molar refractivity (Wildman–Crippen MR) is 76.1 cm³/mol. The second-order valence-electron chi connectivity index (χ2n) is 7.12. The second kappa shape index (κ2) is 5.55. The van der Waals surface area contributed by atoms with Gasteiger partial charge in [0, 0.05) is 12.3 Å². The van der Waals surface area contributed by atoms with Gasteiger partial charge in [0.2, 0.25) is 0 Å². The molecule has 3 fully saturated rings. The fraction of sp³-hybridized carbons (Fsp3) is 0.941. The summed E-state index contributed by atoms with van der Waals surface area (Å²) in [4.78, 5) is 12.1. The van der Waals surface area contributed by atoms with Crippen LogP contribution in [0.4, 0.5) is 0 Å². The number of Topliss-reactive ketones (excluding diaryl/α,β-unsaturated/α-hetero) is 1. The molecule has 0 bridgehead atoms. The zero-order chi connectivity index (χ0) is 13.3. The Morgan fingerprint density at radius 1 is 1.21 bits per heavy atom. The fourth-order valence-corrected chi connectivity index (χ4v) is 4.57. The number of ether oxygens (including phenoxy) is 1. The first kappa shape index (κ1) is 13.6. The summed E-state index contributed by atoms with van der Waals surface area (Å²) in [6.07, 6.45) is 13.3. The van der Waals surface area contributed by atoms with Crippen molar-refractivity contribution in [2.24, 2.45) is 11.8 Å². The minimum Gasteiger partial charge on any atom is -0.372 e. The standard InChI is InChI=1S/C17H28O2/c1-2-13-5-6-16(18)14(11-13)12-15-7-10-17(19-15)8-3-4-9-17/h13-15H,2-12H2,1H3. The van der Waals surface area contributed by atoms with Gasteiger partial charge in [-0.2, -0.15) is 0 Å². The van der Waals surface area contributed by atoms with Gasteiger partial charge in [-0.3, -0.25) is 4.79 Å². The van der Waals surface area contributed by atoms with Crippen LogP contribution in [-0.4, -0.2) is 17.5 Å². The summed E-state index contributed by atoms with van der Waals surface area (Å²) in [5.41, 5.74) is 0.229. The molecule has 0 aromatic rings. The maximum Gasteiger partial charge on any atom is 0.136 e. The minimum absolute atomic E-state index is 0.229. The largest absolute Gasteiger partial charge is 0.372 e. The van der Waals surface area contributed by atoms with E-state index in [-0.39, 0.29) is 5.60 Å². The molecular formula is C17H28O2. The number of rotatable bonds is 3. The molecule has 3 rings (SSSR count). The van der Waals surface area contributed by atoms with Gasteiger partial charge < -0.3 is 4.74 Å². The molecule has 2 aliphatic carbocycles. The predicted octanol–water partition coefficient (Wildman–Crippen LogP) is 4.26. The first-order valence-electron chi connectivity index (χ1n) is 8.41. The van der Waals surface area contributed by atoms with E-state index >= 15 is 0 Å². The van der Waals surface area contributed by atoms with Crippen LogP contribution in [0, 0.1) is 11.8 Å². The van der Waals surface area contributed by atoms with Crippen molar-refractivity contribution in [2.45, 2.75) is 89.3 Å². The molecule has 0 aromatic carbocycles. The molecule has 1 spiro atoms. The van der Waals surface area contributed by atoms with Gasteiger partial charge in [0.05, 0.1) is 11.7 Å². The zero-order valence-corrected chi connectivity index (χ0v) is 12.3. The van der Waals surface area contributed by atoms with Crippen LogP contribution in [0.1, 0.15) is 77.6 Å². The lowest BCUT2D eigenvalue weighted by molar-refractivity contribution is -0.128. The highest BCUT2D eigenvalue weighted by atomic mass is 16.5. The van der Waals surface area contributed by atoms with Crippen molar-refractivity contribution in [3.63, 3.8) is 0 Å². The Bertz CT molecular complexity index is 330. The van der Waals surface area contributed by atoms with Crippen LogP contribution in [0.15, 0.2) is 0 Å². The zero-order valence-electron chi connectivity index (χ0n) is 12.3. The Balaban J connectivity index is 1.55. The molecule has 1 saturated heterocycles. The van der Waals surface area contributed by atoms with Crippen LogP contribution < -0.4 is 0 Å². The molecule has 2 nitrogen and oxygen atoms in total. The third kappa shape index (κ3) is 2.89. The van der Waals surface area contributed by atoms with Gasteiger partial charge in [-0.05, 0) is 50.9 Å². The van der Waals surface area contributed by atoms with Gasteiger partial charge in [-0.1, -0.05) is 26.2 Å². The van der Waals surface area contributed by atoms with Gasteiger partial charge in [0.15, 0.2) is 0 Å². The Kier molecular flexibility index (Phi) is 3.98. The van der Waals surface area contributed by atoms with Gasteiger partial charge in [-0.25, -0.2) is 0 Å². The average Bonchev–Trinajstić information content (AvgIpc) is 3.03. The molecule has 3 aliphatic rings. The van der Waals surface area contributed by atoms with E-state index in [2.05, 4.69) is 6.92 Å². The van der Waals surface area contributed by atoms with Crippen molar-refractivity contribution < 1.29 is 9.53 Å². The van der Waals surface area contributed by atoms with Crippen LogP contribution in [0.5, 0.6) is 0 Å². The highest BCUT2D eigenvalue weighted by molar-refractivity contribution is 5.81. The van der Waals surface area contributed by atoms with E-state index in [1.165, 1.54) is 44.9 Å². The monoisotopic (exact) mass is 264 g/mol. The molecule has 0 N–H and O–H groups in total. The molecular weight excluding hydrogens is 236 g/mol. The Morgan fingerprint density at radius 2 is 2.00 bits per heavy atom. The van der Waals surface area contributed by atoms with E-state index in [0.717, 1.165) is 31.6 Å². The second-order valence-corrected chi connectivity index (χ2v) is 7.12. The summed E-state index contributed by atoms with van der Waals surface area (Å²) < 4.78 is 6.38. The lowest BCUT2D eigenvalue weighted by Crippen LogP contribution is -2.30. The van der Waals surface area contributed by atoms with E-state index in [9.17, 15) is 4.79 Å². The van der Waals surface area contributed by atoms with Crippen molar-refractivity contribution in [2.75, 3.05) is 0 Å². The molecule has 108 valence electrons. The summed E-state index contributed by atoms with van der Waals surface area (Å²) in [6, 6.07) is 0. The van der Waals surface area contributed by atoms with E-state index in [0.29, 0.717) is 17.8 Å². The molecule has 0 aromatic heterocycles. The molecule has 19 heavy (non-hydrogen) atoms. The number of carbonyl (C=O) groups excluding carboxylic acids is 1. The van der Waals surface area contributed by atoms with Crippen molar-refractivity contribution in [1.82, 2.24) is 0 Å². The van der Waals surface area contributed by atoms with Crippen molar-refractivity contribution >= 4 is 5.78 Å². The quantitative estimate of drug-likeness (QED) is 0.761. The summed E-state index contributed by atoms with van der Waals surface area (Å²) in [6.45, 7) is 2.26. The Labute approximate surface area is 117 Å². The molecule has 0 amide bonds. The topological polar surface area (TPSA) is 26.3 Å². The van der Waals surface area contributed by atoms with Crippen molar-refractivity contribution in [1.29, 1.82) is 0 Å². The van der Waals surface area contributed by atoms with Gasteiger partial charge in [-0.15, -0.1) is 0 Å². The molecule has 2 saturated carbocycles. The molecule has 0 radical (unpaired) electrons. The van der Waals surface area contributed by atoms with Crippen LogP contribution in [0.25, 0.3) is 0 Å². The van der Waals surface area contributed by atoms with Crippen LogP contribution >= 0.6 is 0 Å². The normalized spacial score (nSPS) is 38.2. The van der Waals surface area contributed by atoms with E-state index < -0.39 is 0 Å². The molecule has 3 unspecified atom stereocenters. The maximum absolute atomic E-state index is 12.1. The SMILES string of the molecule is CCC1CCC(=O)C(CC2CCC3(CCCC3)O2)C1. The average molecular weight is 264 g/mol. The highest BCUT2D eigenvalue weighted by Crippen LogP contribution is 2.45. The molecule has 1 aliphatic heterocycles. The summed E-state index contributed by atoms with van der Waals surface area (Å²) in [5.74, 6) is 1.60. The number of hydrogen-bond acceptors (Lipinski definition) is 2. The van der Waals surface area contributed by atoms with Crippen LogP contribution in [-0.2, 0) is 9.53 Å². The fourth-order valence-electron chi connectivity index (χ4n) is 4.57. The van der Waals surface area contributed by atoms with Crippen molar-refractivity contribution in [3.8, 4) is 0 Å².